The normalized spacial score (nSPS) is 27.3. The lowest BCUT2D eigenvalue weighted by Gasteiger charge is -2.36. The van der Waals surface area contributed by atoms with Crippen LogP contribution in [0.5, 0.6) is 5.75 Å². The Balaban J connectivity index is 2.08. The largest absolute Gasteiger partial charge is 0.426 e. The van der Waals surface area contributed by atoms with E-state index in [0.717, 1.165) is 18.6 Å². The van der Waals surface area contributed by atoms with Crippen LogP contribution < -0.4 is 4.74 Å². The minimum Gasteiger partial charge on any atom is -0.426 e. The van der Waals surface area contributed by atoms with E-state index < -0.39 is 0 Å². The number of hydrogen-bond donors (Lipinski definition) is 0. The number of ether oxygens (including phenoxy) is 1. The topological polar surface area (TPSA) is 26.3 Å². The van der Waals surface area contributed by atoms with E-state index in [4.69, 9.17) is 4.74 Å². The molecule has 0 unspecified atom stereocenters. The summed E-state index contributed by atoms with van der Waals surface area (Å²) in [7, 11) is 0. The summed E-state index contributed by atoms with van der Waals surface area (Å²) in [6.07, 6.45) is 1.84. The van der Waals surface area contributed by atoms with Crippen molar-refractivity contribution in [3.8, 4) is 5.75 Å². The van der Waals surface area contributed by atoms with Gasteiger partial charge in [0.1, 0.15) is 5.75 Å². The van der Waals surface area contributed by atoms with Crippen LogP contribution in [0.4, 0.5) is 0 Å². The van der Waals surface area contributed by atoms with Crippen LogP contribution in [0.1, 0.15) is 38.2 Å². The number of esters is 1. The zero-order valence-electron chi connectivity index (χ0n) is 10.2. The predicted molar refractivity (Wildman–Crippen MR) is 65.9 cm³/mol. The molecule has 0 spiro atoms. The number of para-hydroxylation sites is 1. The van der Waals surface area contributed by atoms with Gasteiger partial charge in [-0.2, -0.15) is 0 Å². The van der Waals surface area contributed by atoms with E-state index in [1.54, 1.807) is 0 Å². The number of carbonyl (C=O) groups excluding carboxylic acids is 1. The van der Waals surface area contributed by atoms with Crippen LogP contribution in [0.2, 0.25) is 0 Å². The molecule has 88 valence electrons. The van der Waals surface area contributed by atoms with Gasteiger partial charge in [0.2, 0.25) is 0 Å². The van der Waals surface area contributed by atoms with Gasteiger partial charge >= 0.3 is 5.97 Å². The van der Waals surface area contributed by atoms with Gasteiger partial charge in [-0.1, -0.05) is 29.3 Å². The van der Waals surface area contributed by atoms with Gasteiger partial charge < -0.3 is 4.74 Å². The Bertz CT molecular complexity index is 513. The third-order valence-corrected chi connectivity index (χ3v) is 4.10. The molecule has 0 saturated heterocycles. The Morgan fingerprint density at radius 3 is 2.47 bits per heavy atom. The van der Waals surface area contributed by atoms with Crippen LogP contribution in [0.15, 0.2) is 35.4 Å². The van der Waals surface area contributed by atoms with Gasteiger partial charge in [-0.3, -0.25) is 4.79 Å². The Morgan fingerprint density at radius 1 is 1.06 bits per heavy atom. The molecular weight excluding hydrogens is 212 g/mol. The molecule has 0 fully saturated rings. The number of hydrogen-bond acceptors (Lipinski definition) is 2. The van der Waals surface area contributed by atoms with Gasteiger partial charge in [-0.25, -0.2) is 0 Å². The fourth-order valence-corrected chi connectivity index (χ4v) is 2.93. The predicted octanol–water partition coefficient (Wildman–Crippen LogP) is 3.44. The molecule has 0 radical (unpaired) electrons. The number of carbonyl (C=O) groups is 1. The van der Waals surface area contributed by atoms with E-state index in [0.29, 0.717) is 5.92 Å². The van der Waals surface area contributed by atoms with Crippen molar-refractivity contribution in [2.45, 2.75) is 32.6 Å². The first kappa shape index (κ1) is 10.6. The maximum absolute atomic E-state index is 12.0. The monoisotopic (exact) mass is 228 g/mol. The minimum atomic E-state index is -0.0550. The number of fused-ring (bicyclic) bond motifs is 3. The van der Waals surface area contributed by atoms with Crippen LogP contribution >= 0.6 is 0 Å². The quantitative estimate of drug-likeness (QED) is 0.386. The van der Waals surface area contributed by atoms with Crippen LogP contribution in [-0.4, -0.2) is 5.97 Å². The number of rotatable bonds is 0. The van der Waals surface area contributed by atoms with Gasteiger partial charge in [0.25, 0.3) is 0 Å². The highest BCUT2D eigenvalue weighted by atomic mass is 16.5. The molecule has 2 heteroatoms. The maximum atomic E-state index is 12.0. The summed E-state index contributed by atoms with van der Waals surface area (Å²) in [6.45, 7) is 4.30. The van der Waals surface area contributed by atoms with Crippen LogP contribution in [-0.2, 0) is 4.79 Å². The zero-order valence-corrected chi connectivity index (χ0v) is 10.2. The first-order valence-corrected chi connectivity index (χ1v) is 6.12. The molecular formula is C15H16O2. The lowest BCUT2D eigenvalue weighted by atomic mass is 9.72. The molecule has 0 bridgehead atoms. The van der Waals surface area contributed by atoms with E-state index in [2.05, 4.69) is 19.9 Å². The number of benzene rings is 1. The highest BCUT2D eigenvalue weighted by Crippen LogP contribution is 2.46. The summed E-state index contributed by atoms with van der Waals surface area (Å²) in [5.74, 6) is 1.04. The SMILES string of the molecule is CC1=C(C)C[C@H]2c3ccccc3OC(=O)[C@H]2C1. The number of allylic oxidation sites excluding steroid dienone is 2. The summed E-state index contributed by atoms with van der Waals surface area (Å²) in [5, 5.41) is 0. The fourth-order valence-electron chi connectivity index (χ4n) is 2.93. The molecule has 1 aromatic rings. The van der Waals surface area contributed by atoms with Crippen LogP contribution in [0.3, 0.4) is 0 Å². The lowest BCUT2D eigenvalue weighted by molar-refractivity contribution is -0.141. The van der Waals surface area contributed by atoms with E-state index in [9.17, 15) is 4.79 Å². The Morgan fingerprint density at radius 2 is 1.71 bits per heavy atom. The van der Waals surface area contributed by atoms with E-state index in [-0.39, 0.29) is 11.9 Å². The highest BCUT2D eigenvalue weighted by molar-refractivity contribution is 5.80. The molecule has 0 aromatic heterocycles. The Hall–Kier alpha value is -1.57. The van der Waals surface area contributed by atoms with Crippen LogP contribution in [0, 0.1) is 5.92 Å². The molecule has 3 rings (SSSR count). The standard InChI is InChI=1S/C15H16O2/c1-9-7-12-11-5-3-4-6-14(11)17-15(16)13(12)8-10(9)2/h3-6,12-13H,7-8H2,1-2H3/t12-,13-/m0/s1. The third kappa shape index (κ3) is 1.59. The van der Waals surface area contributed by atoms with Gasteiger partial charge in [-0.05, 0) is 38.3 Å². The second kappa shape index (κ2) is 3.73. The van der Waals surface area contributed by atoms with Crippen molar-refractivity contribution in [1.29, 1.82) is 0 Å². The molecule has 1 aromatic carbocycles. The van der Waals surface area contributed by atoms with Crippen molar-refractivity contribution in [2.24, 2.45) is 5.92 Å². The molecule has 1 aliphatic heterocycles. The second-order valence-corrected chi connectivity index (χ2v) is 5.14. The molecule has 0 amide bonds. The second-order valence-electron chi connectivity index (χ2n) is 5.14. The molecule has 0 saturated carbocycles. The van der Waals surface area contributed by atoms with Gasteiger partial charge in [0, 0.05) is 5.92 Å². The average Bonchev–Trinajstić information content (AvgIpc) is 2.32. The molecule has 2 atom stereocenters. The summed E-state index contributed by atoms with van der Waals surface area (Å²) >= 11 is 0. The first-order chi connectivity index (χ1) is 8.16. The Kier molecular flexibility index (Phi) is 2.32. The smallest absolute Gasteiger partial charge is 0.315 e. The van der Waals surface area contributed by atoms with Gasteiger partial charge in [-0.15, -0.1) is 0 Å². The van der Waals surface area contributed by atoms with Gasteiger partial charge in [0.15, 0.2) is 0 Å². The minimum absolute atomic E-state index is 0.0219. The fraction of sp³-hybridized carbons (Fsp3) is 0.400. The van der Waals surface area contributed by atoms with E-state index in [1.807, 2.05) is 18.2 Å². The summed E-state index contributed by atoms with van der Waals surface area (Å²) < 4.78 is 5.42. The molecule has 2 aliphatic rings. The molecule has 1 heterocycles. The zero-order chi connectivity index (χ0) is 12.0. The van der Waals surface area contributed by atoms with Crippen molar-refractivity contribution >= 4 is 5.97 Å². The third-order valence-electron chi connectivity index (χ3n) is 4.10. The van der Waals surface area contributed by atoms with Crippen molar-refractivity contribution in [3.63, 3.8) is 0 Å². The van der Waals surface area contributed by atoms with Crippen molar-refractivity contribution < 1.29 is 9.53 Å². The van der Waals surface area contributed by atoms with Gasteiger partial charge in [0.05, 0.1) is 5.92 Å². The van der Waals surface area contributed by atoms with Crippen LogP contribution in [0.25, 0.3) is 0 Å². The van der Waals surface area contributed by atoms with E-state index >= 15 is 0 Å². The molecule has 2 nitrogen and oxygen atoms in total. The lowest BCUT2D eigenvalue weighted by Crippen LogP contribution is -2.34. The summed E-state index contributed by atoms with van der Waals surface area (Å²) in [5.41, 5.74) is 3.97. The highest BCUT2D eigenvalue weighted by Gasteiger charge is 2.39. The molecule has 1 aliphatic carbocycles. The average molecular weight is 228 g/mol. The molecule has 17 heavy (non-hydrogen) atoms. The summed E-state index contributed by atoms with van der Waals surface area (Å²) in [6, 6.07) is 7.93. The molecule has 0 N–H and O–H groups in total. The van der Waals surface area contributed by atoms with Crippen molar-refractivity contribution in [2.75, 3.05) is 0 Å². The first-order valence-electron chi connectivity index (χ1n) is 6.12. The van der Waals surface area contributed by atoms with Crippen molar-refractivity contribution in [3.05, 3.63) is 41.0 Å². The summed E-state index contributed by atoms with van der Waals surface area (Å²) in [4.78, 5) is 12.0. The Labute approximate surface area is 101 Å². The van der Waals surface area contributed by atoms with Crippen molar-refractivity contribution in [1.82, 2.24) is 0 Å². The van der Waals surface area contributed by atoms with E-state index in [1.165, 1.54) is 16.7 Å². The maximum Gasteiger partial charge on any atom is 0.315 e.